The second-order valence-electron chi connectivity index (χ2n) is 7.64. The van der Waals surface area contributed by atoms with E-state index in [1.807, 2.05) is 0 Å². The highest BCUT2D eigenvalue weighted by molar-refractivity contribution is 6.31. The number of nitrogens with one attached hydrogen (secondary N) is 1. The third-order valence-electron chi connectivity index (χ3n) is 5.27. The molecule has 11 heteroatoms. The lowest BCUT2D eigenvalue weighted by Gasteiger charge is -2.21. The Morgan fingerprint density at radius 2 is 2.03 bits per heavy atom. The number of alkyl halides is 4. The average molecular weight is 483 g/mol. The lowest BCUT2D eigenvalue weighted by Crippen LogP contribution is -2.35. The normalized spacial score (nSPS) is 16.4. The standard InChI is InChI=1S/C22H19ClF4N4O2/c23-14-5-6-16-17(9-14)28-11-19(30-16)29-10-13-7-8-31(12-13)20(32)15-3-1-2-4-18(15)33-22(26,27)21(24)25/h1-6,9,11,13,21H,7-8,10,12H2,(H,29,30)/t13-/m1/s1. The Kier molecular flexibility index (Phi) is 6.55. The van der Waals surface area contributed by atoms with Crippen molar-refractivity contribution in [3.63, 3.8) is 0 Å². The number of carbonyl (C=O) groups excluding carboxylic acids is 1. The minimum absolute atomic E-state index is 0.0762. The zero-order chi connectivity index (χ0) is 23.6. The largest absolute Gasteiger partial charge is 0.461 e. The van der Waals surface area contributed by atoms with Crippen LogP contribution in [0.25, 0.3) is 11.0 Å². The fourth-order valence-corrected chi connectivity index (χ4v) is 3.76. The van der Waals surface area contributed by atoms with Crippen molar-refractivity contribution in [3.8, 4) is 5.75 Å². The summed E-state index contributed by atoms with van der Waals surface area (Å²) in [6.45, 7) is 1.27. The molecule has 1 aliphatic heterocycles. The van der Waals surface area contributed by atoms with Crippen LogP contribution in [0.1, 0.15) is 16.8 Å². The third kappa shape index (κ3) is 5.27. The van der Waals surface area contributed by atoms with Crippen LogP contribution in [0.3, 0.4) is 0 Å². The second kappa shape index (κ2) is 9.38. The van der Waals surface area contributed by atoms with Gasteiger partial charge in [-0.3, -0.25) is 9.78 Å². The molecule has 1 amide bonds. The molecule has 4 rings (SSSR count). The number of aromatic nitrogens is 2. The van der Waals surface area contributed by atoms with E-state index in [0.29, 0.717) is 47.9 Å². The zero-order valence-corrected chi connectivity index (χ0v) is 17.9. The van der Waals surface area contributed by atoms with Crippen molar-refractivity contribution in [2.45, 2.75) is 19.0 Å². The predicted molar refractivity (Wildman–Crippen MR) is 115 cm³/mol. The SMILES string of the molecule is O=C(c1ccccc1OC(F)(F)C(F)F)N1CC[C@H](CNc2cnc3cc(Cl)ccc3n2)C1. The Morgan fingerprint density at radius 3 is 2.82 bits per heavy atom. The Bertz CT molecular complexity index is 1160. The van der Waals surface area contributed by atoms with Crippen LogP contribution in [0.4, 0.5) is 23.4 Å². The van der Waals surface area contributed by atoms with E-state index >= 15 is 0 Å². The lowest BCUT2D eigenvalue weighted by atomic mass is 10.1. The number of nitrogens with zero attached hydrogens (tertiary/aromatic N) is 3. The highest BCUT2D eigenvalue weighted by atomic mass is 35.5. The van der Waals surface area contributed by atoms with Gasteiger partial charge in [-0.1, -0.05) is 23.7 Å². The maximum absolute atomic E-state index is 13.4. The Labute approximate surface area is 191 Å². The van der Waals surface area contributed by atoms with Gasteiger partial charge in [0, 0.05) is 24.7 Å². The van der Waals surface area contributed by atoms with Gasteiger partial charge in [0.1, 0.15) is 11.6 Å². The summed E-state index contributed by atoms with van der Waals surface area (Å²) in [5, 5.41) is 3.76. The summed E-state index contributed by atoms with van der Waals surface area (Å²) in [5.74, 6) is -0.490. The Hall–Kier alpha value is -3.14. The molecule has 1 fully saturated rings. The van der Waals surface area contributed by atoms with Gasteiger partial charge in [0.25, 0.3) is 5.91 Å². The Balaban J connectivity index is 1.38. The van der Waals surface area contributed by atoms with Crippen molar-refractivity contribution in [2.24, 2.45) is 5.92 Å². The van der Waals surface area contributed by atoms with Crippen LogP contribution in [-0.2, 0) is 0 Å². The van der Waals surface area contributed by atoms with Crippen molar-refractivity contribution in [1.29, 1.82) is 0 Å². The zero-order valence-electron chi connectivity index (χ0n) is 17.1. The molecule has 1 aromatic heterocycles. The molecule has 0 spiro atoms. The van der Waals surface area contributed by atoms with E-state index in [-0.39, 0.29) is 11.5 Å². The number of para-hydroxylation sites is 1. The number of hydrogen-bond acceptors (Lipinski definition) is 5. The van der Waals surface area contributed by atoms with Gasteiger partial charge in [-0.2, -0.15) is 17.6 Å². The van der Waals surface area contributed by atoms with Crippen molar-refractivity contribution in [1.82, 2.24) is 14.9 Å². The molecule has 2 heterocycles. The van der Waals surface area contributed by atoms with Crippen LogP contribution in [0.2, 0.25) is 5.02 Å². The monoisotopic (exact) mass is 482 g/mol. The molecule has 6 nitrogen and oxygen atoms in total. The molecule has 1 aliphatic rings. The highest BCUT2D eigenvalue weighted by Gasteiger charge is 2.44. The molecule has 3 aromatic rings. The molecule has 174 valence electrons. The van der Waals surface area contributed by atoms with Crippen LogP contribution in [0, 0.1) is 5.92 Å². The first-order chi connectivity index (χ1) is 15.7. The van der Waals surface area contributed by atoms with E-state index < -0.39 is 24.2 Å². The number of ether oxygens (including phenoxy) is 1. The average Bonchev–Trinajstić information content (AvgIpc) is 3.26. The van der Waals surface area contributed by atoms with Gasteiger partial charge >= 0.3 is 12.5 Å². The van der Waals surface area contributed by atoms with Gasteiger partial charge in [0.15, 0.2) is 0 Å². The number of fused-ring (bicyclic) bond motifs is 1. The van der Waals surface area contributed by atoms with Crippen LogP contribution < -0.4 is 10.1 Å². The van der Waals surface area contributed by atoms with Crippen LogP contribution >= 0.6 is 11.6 Å². The van der Waals surface area contributed by atoms with Gasteiger partial charge in [-0.15, -0.1) is 0 Å². The first-order valence-electron chi connectivity index (χ1n) is 10.1. The summed E-state index contributed by atoms with van der Waals surface area (Å²) >= 11 is 5.95. The van der Waals surface area contributed by atoms with Crippen LogP contribution in [0.15, 0.2) is 48.7 Å². The molecule has 0 saturated carbocycles. The van der Waals surface area contributed by atoms with Crippen molar-refractivity contribution >= 4 is 34.4 Å². The molecular weight excluding hydrogens is 464 g/mol. The first-order valence-corrected chi connectivity index (χ1v) is 10.5. The molecule has 0 aliphatic carbocycles. The van der Waals surface area contributed by atoms with E-state index in [1.165, 1.54) is 23.1 Å². The summed E-state index contributed by atoms with van der Waals surface area (Å²) in [5.41, 5.74) is 1.17. The van der Waals surface area contributed by atoms with Gasteiger partial charge in [-0.05, 0) is 42.7 Å². The summed E-state index contributed by atoms with van der Waals surface area (Å²) in [7, 11) is 0. The number of halogens is 5. The number of amides is 1. The first kappa shape index (κ1) is 23.0. The highest BCUT2D eigenvalue weighted by Crippen LogP contribution is 2.31. The van der Waals surface area contributed by atoms with E-state index in [9.17, 15) is 22.4 Å². The minimum atomic E-state index is -4.69. The van der Waals surface area contributed by atoms with E-state index in [2.05, 4.69) is 20.0 Å². The van der Waals surface area contributed by atoms with Crippen molar-refractivity contribution < 1.29 is 27.1 Å². The molecule has 1 saturated heterocycles. The van der Waals surface area contributed by atoms with Gasteiger partial charge in [0.2, 0.25) is 0 Å². The number of likely N-dealkylation sites (tertiary alicyclic amines) is 1. The number of rotatable bonds is 7. The van der Waals surface area contributed by atoms with Crippen LogP contribution in [-0.4, -0.2) is 52.9 Å². The maximum atomic E-state index is 13.4. The molecule has 0 bridgehead atoms. The van der Waals surface area contributed by atoms with Gasteiger partial charge in [-0.25, -0.2) is 4.98 Å². The van der Waals surface area contributed by atoms with Crippen LogP contribution in [0.5, 0.6) is 5.75 Å². The summed E-state index contributed by atoms with van der Waals surface area (Å²) in [6.07, 6.45) is -6.45. The number of hydrogen-bond donors (Lipinski definition) is 1. The quantitative estimate of drug-likeness (QED) is 0.475. The maximum Gasteiger partial charge on any atom is 0.461 e. The smallest absolute Gasteiger partial charge is 0.427 e. The fourth-order valence-electron chi connectivity index (χ4n) is 3.60. The molecule has 0 radical (unpaired) electrons. The molecular formula is C22H19ClF4N4O2. The molecule has 2 aromatic carbocycles. The summed E-state index contributed by atoms with van der Waals surface area (Å²) in [4.78, 5) is 23.2. The number of carbonyl (C=O) groups is 1. The summed E-state index contributed by atoms with van der Waals surface area (Å²) < 4.78 is 56.0. The van der Waals surface area contributed by atoms with Crippen molar-refractivity contribution in [3.05, 3.63) is 59.2 Å². The minimum Gasteiger partial charge on any atom is -0.427 e. The molecule has 0 unspecified atom stereocenters. The predicted octanol–water partition coefficient (Wildman–Crippen LogP) is 5.09. The molecule has 1 atom stereocenters. The lowest BCUT2D eigenvalue weighted by molar-refractivity contribution is -0.253. The summed E-state index contributed by atoms with van der Waals surface area (Å²) in [6, 6.07) is 10.4. The number of benzene rings is 2. The fraction of sp³-hybridized carbons (Fsp3) is 0.318. The molecule has 1 N–H and O–H groups in total. The number of anilines is 1. The molecule has 33 heavy (non-hydrogen) atoms. The van der Waals surface area contributed by atoms with E-state index in [1.54, 1.807) is 24.4 Å². The van der Waals surface area contributed by atoms with E-state index in [0.717, 1.165) is 6.07 Å². The van der Waals surface area contributed by atoms with Crippen molar-refractivity contribution in [2.75, 3.05) is 25.0 Å². The van der Waals surface area contributed by atoms with E-state index in [4.69, 9.17) is 11.6 Å². The third-order valence-corrected chi connectivity index (χ3v) is 5.50. The van der Waals surface area contributed by atoms with Gasteiger partial charge in [0.05, 0.1) is 22.8 Å². The topological polar surface area (TPSA) is 67.3 Å². The second-order valence-corrected chi connectivity index (χ2v) is 8.07. The van der Waals surface area contributed by atoms with Gasteiger partial charge < -0.3 is 15.0 Å². The Morgan fingerprint density at radius 1 is 1.24 bits per heavy atom.